The van der Waals surface area contributed by atoms with Gasteiger partial charge in [-0.25, -0.2) is 13.2 Å². The predicted octanol–water partition coefficient (Wildman–Crippen LogP) is 1.13. The number of aliphatic hydroxyl groups is 2. The monoisotopic (exact) mass is 374 g/mol. The van der Waals surface area contributed by atoms with E-state index in [-0.39, 0.29) is 13.1 Å². The van der Waals surface area contributed by atoms with Crippen LogP contribution < -0.4 is 5.32 Å². The highest BCUT2D eigenvalue weighted by atomic mass is 19.3. The Balaban J connectivity index is 2.19. The SMILES string of the molecule is CCNC(=O)[C@@H]1[C@@H](O)[C@H](F)[C@H](O)C(C(F)F)N1CCCc1ccccc1. The summed E-state index contributed by atoms with van der Waals surface area (Å²) < 4.78 is 41.2. The predicted molar refractivity (Wildman–Crippen MR) is 90.6 cm³/mol. The van der Waals surface area contributed by atoms with Crippen LogP contribution in [-0.2, 0) is 11.2 Å². The summed E-state index contributed by atoms with van der Waals surface area (Å²) in [5.41, 5.74) is 0.997. The van der Waals surface area contributed by atoms with Gasteiger partial charge in [-0.15, -0.1) is 0 Å². The molecule has 146 valence electrons. The third-order valence-electron chi connectivity index (χ3n) is 4.67. The van der Waals surface area contributed by atoms with Gasteiger partial charge in [0.15, 0.2) is 6.17 Å². The van der Waals surface area contributed by atoms with Gasteiger partial charge in [0, 0.05) is 6.54 Å². The molecule has 0 bridgehead atoms. The molecule has 0 aliphatic carbocycles. The van der Waals surface area contributed by atoms with Gasteiger partial charge in [0.1, 0.15) is 24.3 Å². The summed E-state index contributed by atoms with van der Waals surface area (Å²) in [4.78, 5) is 13.3. The van der Waals surface area contributed by atoms with Crippen LogP contribution in [0.25, 0.3) is 0 Å². The number of likely N-dealkylation sites (N-methyl/N-ethyl adjacent to an activating group) is 1. The minimum atomic E-state index is -3.05. The number of amides is 1. The number of rotatable bonds is 7. The van der Waals surface area contributed by atoms with Crippen molar-refractivity contribution in [3.8, 4) is 0 Å². The molecule has 1 aliphatic rings. The highest BCUT2D eigenvalue weighted by Gasteiger charge is 2.54. The van der Waals surface area contributed by atoms with Crippen molar-refractivity contribution in [2.75, 3.05) is 13.1 Å². The van der Waals surface area contributed by atoms with Crippen LogP contribution in [0.2, 0.25) is 0 Å². The van der Waals surface area contributed by atoms with Crippen LogP contribution in [0.15, 0.2) is 30.3 Å². The third kappa shape index (κ3) is 4.55. The van der Waals surface area contributed by atoms with Gasteiger partial charge in [-0.1, -0.05) is 30.3 Å². The van der Waals surface area contributed by atoms with E-state index in [1.54, 1.807) is 6.92 Å². The van der Waals surface area contributed by atoms with E-state index in [9.17, 15) is 28.2 Å². The number of nitrogens with zero attached hydrogens (tertiary/aromatic N) is 1. The number of hydrogen-bond acceptors (Lipinski definition) is 4. The number of likely N-dealkylation sites (tertiary alicyclic amines) is 1. The van der Waals surface area contributed by atoms with Crippen LogP contribution in [0.5, 0.6) is 0 Å². The molecule has 2 rings (SSSR count). The van der Waals surface area contributed by atoms with Crippen LogP contribution >= 0.6 is 0 Å². The highest BCUT2D eigenvalue weighted by molar-refractivity contribution is 5.82. The molecule has 0 saturated carbocycles. The molecular weight excluding hydrogens is 349 g/mol. The van der Waals surface area contributed by atoms with Gasteiger partial charge >= 0.3 is 0 Å². The standard InChI is InChI=1S/C18H25F3N2O3/c1-2-22-18(26)14-16(25)12(19)15(24)13(17(20)21)23(14)10-6-9-11-7-4-3-5-8-11/h3-5,7-8,12-17,24-25H,2,6,9-10H2,1H3,(H,22,26)/t12-,13?,14+,15+,16+/m1/s1. The average Bonchev–Trinajstić information content (AvgIpc) is 2.60. The van der Waals surface area contributed by atoms with E-state index in [0.717, 1.165) is 10.5 Å². The van der Waals surface area contributed by atoms with Crippen molar-refractivity contribution >= 4 is 5.91 Å². The second kappa shape index (κ2) is 9.34. The number of carbonyl (C=O) groups excluding carboxylic acids is 1. The molecule has 8 heteroatoms. The van der Waals surface area contributed by atoms with E-state index in [1.165, 1.54) is 0 Å². The number of piperidine rings is 1. The number of halogens is 3. The summed E-state index contributed by atoms with van der Waals surface area (Å²) in [6.07, 6.45) is -8.31. The maximum atomic E-state index is 14.2. The van der Waals surface area contributed by atoms with Gasteiger partial charge in [0.2, 0.25) is 5.91 Å². The quantitative estimate of drug-likeness (QED) is 0.669. The Bertz CT molecular complexity index is 576. The van der Waals surface area contributed by atoms with Crippen molar-refractivity contribution < 1.29 is 28.2 Å². The summed E-state index contributed by atoms with van der Waals surface area (Å²) in [5, 5.41) is 22.5. The molecule has 0 aromatic heterocycles. The second-order valence-electron chi connectivity index (χ2n) is 6.42. The Morgan fingerprint density at radius 1 is 1.23 bits per heavy atom. The Morgan fingerprint density at radius 3 is 2.46 bits per heavy atom. The lowest BCUT2D eigenvalue weighted by Crippen LogP contribution is -2.70. The van der Waals surface area contributed by atoms with Crippen molar-refractivity contribution in [2.24, 2.45) is 0 Å². The summed E-state index contributed by atoms with van der Waals surface area (Å²) in [5.74, 6) is -0.722. The number of hydrogen-bond donors (Lipinski definition) is 3. The summed E-state index contributed by atoms with van der Waals surface area (Å²) in [6, 6.07) is 6.04. The van der Waals surface area contributed by atoms with Gasteiger partial charge in [-0.2, -0.15) is 0 Å². The maximum Gasteiger partial charge on any atom is 0.256 e. The van der Waals surface area contributed by atoms with E-state index in [4.69, 9.17) is 0 Å². The van der Waals surface area contributed by atoms with Crippen molar-refractivity contribution in [3.63, 3.8) is 0 Å². The molecule has 0 spiro atoms. The van der Waals surface area contributed by atoms with Gasteiger partial charge in [0.25, 0.3) is 6.43 Å². The number of alkyl halides is 3. The fourth-order valence-corrected chi connectivity index (χ4v) is 3.42. The molecule has 5 atom stereocenters. The first kappa shape index (κ1) is 20.7. The van der Waals surface area contributed by atoms with Crippen LogP contribution in [-0.4, -0.2) is 71.0 Å². The van der Waals surface area contributed by atoms with Gasteiger partial charge in [0.05, 0.1) is 0 Å². The summed E-state index contributed by atoms with van der Waals surface area (Å²) >= 11 is 0. The molecule has 5 nitrogen and oxygen atoms in total. The van der Waals surface area contributed by atoms with Gasteiger partial charge in [-0.05, 0) is 31.9 Å². The lowest BCUT2D eigenvalue weighted by atomic mass is 9.87. The first-order valence-corrected chi connectivity index (χ1v) is 8.74. The molecule has 3 N–H and O–H groups in total. The number of carbonyl (C=O) groups is 1. The normalized spacial score (nSPS) is 29.7. The molecule has 1 unspecified atom stereocenters. The zero-order chi connectivity index (χ0) is 19.3. The lowest BCUT2D eigenvalue weighted by Gasteiger charge is -2.47. The Labute approximate surface area is 150 Å². The molecule has 1 aliphatic heterocycles. The first-order chi connectivity index (χ1) is 12.4. The Kier molecular flexibility index (Phi) is 7.43. The van der Waals surface area contributed by atoms with Crippen LogP contribution in [0.3, 0.4) is 0 Å². The van der Waals surface area contributed by atoms with Gasteiger partial charge < -0.3 is 15.5 Å². The molecule has 0 radical (unpaired) electrons. The summed E-state index contributed by atoms with van der Waals surface area (Å²) in [7, 11) is 0. The van der Waals surface area contributed by atoms with E-state index in [2.05, 4.69) is 5.32 Å². The minimum Gasteiger partial charge on any atom is -0.388 e. The first-order valence-electron chi connectivity index (χ1n) is 8.74. The van der Waals surface area contributed by atoms with E-state index in [0.29, 0.717) is 12.8 Å². The number of benzene rings is 1. The van der Waals surface area contributed by atoms with E-state index < -0.39 is 42.8 Å². The number of nitrogens with one attached hydrogen (secondary N) is 1. The zero-order valence-electron chi connectivity index (χ0n) is 14.6. The zero-order valence-corrected chi connectivity index (χ0v) is 14.6. The minimum absolute atomic E-state index is 0.0204. The topological polar surface area (TPSA) is 72.8 Å². The Hall–Kier alpha value is -1.64. The van der Waals surface area contributed by atoms with Crippen LogP contribution in [0.4, 0.5) is 13.2 Å². The van der Waals surface area contributed by atoms with E-state index in [1.807, 2.05) is 30.3 Å². The number of aryl methyl sites for hydroxylation is 1. The lowest BCUT2D eigenvalue weighted by molar-refractivity contribution is -0.177. The maximum absolute atomic E-state index is 14.2. The van der Waals surface area contributed by atoms with Crippen LogP contribution in [0, 0.1) is 0 Å². The molecule has 26 heavy (non-hydrogen) atoms. The smallest absolute Gasteiger partial charge is 0.256 e. The van der Waals surface area contributed by atoms with E-state index >= 15 is 0 Å². The van der Waals surface area contributed by atoms with Crippen molar-refractivity contribution in [3.05, 3.63) is 35.9 Å². The summed E-state index contributed by atoms with van der Waals surface area (Å²) in [6.45, 7) is 1.88. The molecule has 1 aromatic rings. The molecule has 1 amide bonds. The molecule has 1 heterocycles. The molecule has 1 aromatic carbocycles. The van der Waals surface area contributed by atoms with Crippen molar-refractivity contribution in [1.82, 2.24) is 10.2 Å². The van der Waals surface area contributed by atoms with Gasteiger partial charge in [-0.3, -0.25) is 9.69 Å². The Morgan fingerprint density at radius 2 is 1.88 bits per heavy atom. The second-order valence-corrected chi connectivity index (χ2v) is 6.42. The van der Waals surface area contributed by atoms with Crippen LogP contribution in [0.1, 0.15) is 18.9 Å². The number of aliphatic hydroxyl groups excluding tert-OH is 2. The molecular formula is C18H25F3N2O3. The molecule has 1 fully saturated rings. The molecule has 1 saturated heterocycles. The average molecular weight is 374 g/mol. The fraction of sp³-hybridized carbons (Fsp3) is 0.611. The van der Waals surface area contributed by atoms with Crippen molar-refractivity contribution in [2.45, 2.75) is 56.7 Å². The highest BCUT2D eigenvalue weighted by Crippen LogP contribution is 2.30. The fourth-order valence-electron chi connectivity index (χ4n) is 3.42. The van der Waals surface area contributed by atoms with Crippen molar-refractivity contribution in [1.29, 1.82) is 0 Å². The third-order valence-corrected chi connectivity index (χ3v) is 4.67. The largest absolute Gasteiger partial charge is 0.388 e.